The van der Waals surface area contributed by atoms with Crippen LogP contribution >= 0.6 is 12.2 Å². The fraction of sp³-hybridized carbons (Fsp3) is 0.200. The van der Waals surface area contributed by atoms with Gasteiger partial charge in [0.05, 0.1) is 12.4 Å². The molecule has 0 fully saturated rings. The van der Waals surface area contributed by atoms with Crippen molar-refractivity contribution in [2.75, 3.05) is 7.05 Å². The van der Waals surface area contributed by atoms with Crippen molar-refractivity contribution in [1.29, 1.82) is 0 Å². The largest absolute Gasteiger partial charge is 0.409 e. The molecule has 0 amide bonds. The van der Waals surface area contributed by atoms with Gasteiger partial charge in [-0.05, 0) is 56.0 Å². The van der Waals surface area contributed by atoms with Crippen LogP contribution in [0.5, 0.6) is 0 Å². The molecule has 2 heterocycles. The van der Waals surface area contributed by atoms with Crippen molar-refractivity contribution < 1.29 is 4.42 Å². The van der Waals surface area contributed by atoms with E-state index in [0.29, 0.717) is 17.4 Å². The van der Waals surface area contributed by atoms with Gasteiger partial charge in [0.15, 0.2) is 0 Å². The molecule has 142 valence electrons. The molecule has 0 aliphatic heterocycles. The fourth-order valence-electron chi connectivity index (χ4n) is 2.93. The van der Waals surface area contributed by atoms with Crippen LogP contribution in [0.25, 0.3) is 17.1 Å². The third-order valence-electron chi connectivity index (χ3n) is 4.70. The summed E-state index contributed by atoms with van der Waals surface area (Å²) in [5.74, 6) is 0.531. The highest BCUT2D eigenvalue weighted by atomic mass is 32.1. The second-order valence-electron chi connectivity index (χ2n) is 6.54. The van der Waals surface area contributed by atoms with Crippen molar-refractivity contribution in [3.63, 3.8) is 0 Å². The maximum absolute atomic E-state index is 5.67. The number of nitrogens with zero attached hydrogens (tertiary/aromatic N) is 6. The predicted molar refractivity (Wildman–Crippen MR) is 108 cm³/mol. The Kier molecular flexibility index (Phi) is 5.14. The Morgan fingerprint density at radius 2 is 1.86 bits per heavy atom. The average molecular weight is 392 g/mol. The first kappa shape index (κ1) is 18.3. The molecule has 0 bridgehead atoms. The zero-order valence-electron chi connectivity index (χ0n) is 15.6. The summed E-state index contributed by atoms with van der Waals surface area (Å²) in [4.78, 5) is 6.50. The van der Waals surface area contributed by atoms with Gasteiger partial charge in [-0.15, -0.1) is 5.10 Å². The van der Waals surface area contributed by atoms with Crippen molar-refractivity contribution in [2.24, 2.45) is 0 Å². The minimum absolute atomic E-state index is 0.170. The molecular formula is C20H20N6OS. The quantitative estimate of drug-likeness (QED) is 0.460. The molecule has 4 rings (SSSR count). The van der Waals surface area contributed by atoms with Gasteiger partial charge in [0.25, 0.3) is 4.84 Å². The summed E-state index contributed by atoms with van der Waals surface area (Å²) in [6.45, 7) is 2.67. The summed E-state index contributed by atoms with van der Waals surface area (Å²) >= 11 is 5.35. The summed E-state index contributed by atoms with van der Waals surface area (Å²) in [5, 5.41) is 8.68. The predicted octanol–water partition coefficient (Wildman–Crippen LogP) is 4.10. The Balaban J connectivity index is 1.48. The Bertz CT molecular complexity index is 1090. The minimum Gasteiger partial charge on any atom is -0.409 e. The lowest BCUT2D eigenvalue weighted by atomic mass is 10.1. The molecule has 0 spiro atoms. The number of aromatic nitrogens is 5. The molecule has 1 atom stereocenters. The van der Waals surface area contributed by atoms with Gasteiger partial charge in [0.2, 0.25) is 5.89 Å². The van der Waals surface area contributed by atoms with Crippen molar-refractivity contribution in [2.45, 2.75) is 19.6 Å². The molecule has 4 aromatic rings. The lowest BCUT2D eigenvalue weighted by Gasteiger charge is -2.24. The molecular weight excluding hydrogens is 372 g/mol. The van der Waals surface area contributed by atoms with Gasteiger partial charge in [-0.1, -0.05) is 30.3 Å². The molecule has 2 aromatic heterocycles. The fourth-order valence-corrected chi connectivity index (χ4v) is 3.11. The van der Waals surface area contributed by atoms with E-state index in [1.165, 1.54) is 11.9 Å². The van der Waals surface area contributed by atoms with Crippen molar-refractivity contribution in [3.8, 4) is 17.1 Å². The van der Waals surface area contributed by atoms with Crippen LogP contribution in [0.4, 0.5) is 0 Å². The molecule has 7 nitrogen and oxygen atoms in total. The van der Waals surface area contributed by atoms with Crippen LogP contribution < -0.4 is 0 Å². The van der Waals surface area contributed by atoms with Gasteiger partial charge in [-0.25, -0.2) is 14.3 Å². The van der Waals surface area contributed by atoms with E-state index in [4.69, 9.17) is 16.6 Å². The number of hydrogen-bond donors (Lipinski definition) is 0. The topological polar surface area (TPSA) is 64.9 Å². The maximum Gasteiger partial charge on any atom is 0.288 e. The van der Waals surface area contributed by atoms with E-state index in [9.17, 15) is 0 Å². The van der Waals surface area contributed by atoms with Crippen molar-refractivity contribution >= 4 is 12.2 Å². The molecule has 0 saturated carbocycles. The van der Waals surface area contributed by atoms with Gasteiger partial charge in [-0.3, -0.25) is 4.90 Å². The summed E-state index contributed by atoms with van der Waals surface area (Å²) in [6.07, 6.45) is 3.21. The van der Waals surface area contributed by atoms with Crippen molar-refractivity contribution in [3.05, 3.63) is 77.7 Å². The lowest BCUT2D eigenvalue weighted by molar-refractivity contribution is 0.192. The van der Waals surface area contributed by atoms with Crippen LogP contribution in [0, 0.1) is 4.84 Å². The van der Waals surface area contributed by atoms with Crippen molar-refractivity contribution in [1.82, 2.24) is 29.4 Å². The Hall–Kier alpha value is -3.10. The Labute approximate surface area is 167 Å². The van der Waals surface area contributed by atoms with Crippen LogP contribution in [0.1, 0.15) is 18.5 Å². The van der Waals surface area contributed by atoms with E-state index in [0.717, 1.165) is 11.3 Å². The molecule has 0 aliphatic rings. The molecule has 28 heavy (non-hydrogen) atoms. The van der Waals surface area contributed by atoms with Crippen LogP contribution in [0.3, 0.4) is 0 Å². The van der Waals surface area contributed by atoms with E-state index >= 15 is 0 Å². The Morgan fingerprint density at radius 3 is 2.54 bits per heavy atom. The maximum atomic E-state index is 5.67. The van der Waals surface area contributed by atoms with Crippen LogP contribution in [-0.2, 0) is 6.67 Å². The zero-order valence-corrected chi connectivity index (χ0v) is 16.5. The van der Waals surface area contributed by atoms with Gasteiger partial charge >= 0.3 is 0 Å². The van der Waals surface area contributed by atoms with Gasteiger partial charge < -0.3 is 4.42 Å². The second kappa shape index (κ2) is 7.87. The van der Waals surface area contributed by atoms with E-state index in [-0.39, 0.29) is 6.04 Å². The zero-order chi connectivity index (χ0) is 19.5. The molecule has 2 aromatic carbocycles. The molecule has 0 radical (unpaired) electrons. The van der Waals surface area contributed by atoms with Crippen LogP contribution in [0.2, 0.25) is 0 Å². The molecule has 8 heteroatoms. The number of hydrogen-bond acceptors (Lipinski definition) is 6. The Morgan fingerprint density at radius 1 is 1.11 bits per heavy atom. The van der Waals surface area contributed by atoms with Crippen LogP contribution in [0.15, 0.2) is 71.7 Å². The first-order chi connectivity index (χ1) is 13.6. The van der Waals surface area contributed by atoms with E-state index < -0.39 is 0 Å². The van der Waals surface area contributed by atoms with E-state index in [2.05, 4.69) is 39.1 Å². The minimum atomic E-state index is 0.170. The molecule has 0 unspecified atom stereocenters. The monoisotopic (exact) mass is 392 g/mol. The van der Waals surface area contributed by atoms with Gasteiger partial charge in [-0.2, -0.15) is 5.10 Å². The van der Waals surface area contributed by atoms with Crippen LogP contribution in [-0.4, -0.2) is 36.5 Å². The normalized spacial score (nSPS) is 12.4. The third kappa shape index (κ3) is 3.78. The first-order valence-electron chi connectivity index (χ1n) is 8.90. The molecule has 0 N–H and O–H groups in total. The highest BCUT2D eigenvalue weighted by Crippen LogP contribution is 2.22. The summed E-state index contributed by atoms with van der Waals surface area (Å²) in [5.41, 5.74) is 3.07. The van der Waals surface area contributed by atoms with E-state index in [1.807, 2.05) is 49.5 Å². The van der Waals surface area contributed by atoms with E-state index in [1.54, 1.807) is 15.7 Å². The van der Waals surface area contributed by atoms with Gasteiger partial charge in [0.1, 0.15) is 12.7 Å². The number of rotatable bonds is 6. The van der Waals surface area contributed by atoms with Gasteiger partial charge in [0, 0.05) is 11.6 Å². The number of benzene rings is 2. The smallest absolute Gasteiger partial charge is 0.288 e. The summed E-state index contributed by atoms with van der Waals surface area (Å²) in [6, 6.07) is 18.2. The highest BCUT2D eigenvalue weighted by Gasteiger charge is 2.15. The lowest BCUT2D eigenvalue weighted by Crippen LogP contribution is -2.26. The summed E-state index contributed by atoms with van der Waals surface area (Å²) in [7, 11) is 2.04. The second-order valence-corrected chi connectivity index (χ2v) is 6.89. The summed E-state index contributed by atoms with van der Waals surface area (Å²) < 4.78 is 9.11. The average Bonchev–Trinajstić information content (AvgIpc) is 3.39. The standard InChI is InChI=1S/C20H20N6OS/c1-15(16-8-10-18(11-9-16)25-13-21-12-22-25)24(2)14-26-20(28)27-19(23-26)17-6-4-3-5-7-17/h3-13,15H,14H2,1-2H3/t15-/m1/s1. The molecule has 0 saturated heterocycles. The SMILES string of the molecule is C[C@H](c1ccc(-n2cncn2)cc1)N(C)Cn1nc(-c2ccccc2)oc1=S. The molecule has 0 aliphatic carbocycles. The first-order valence-corrected chi connectivity index (χ1v) is 9.31. The highest BCUT2D eigenvalue weighted by molar-refractivity contribution is 7.71. The third-order valence-corrected chi connectivity index (χ3v) is 5.00.